The number of pyridine rings is 2. The van der Waals surface area contributed by atoms with E-state index in [-0.39, 0.29) is 11.4 Å². The van der Waals surface area contributed by atoms with Crippen molar-refractivity contribution in [3.63, 3.8) is 0 Å². The van der Waals surface area contributed by atoms with Gasteiger partial charge in [-0.1, -0.05) is 24.3 Å². The number of hydrogen-bond acceptors (Lipinski definition) is 3. The largest absolute Gasteiger partial charge is 0.495 e. The van der Waals surface area contributed by atoms with Gasteiger partial charge < -0.3 is 4.74 Å². The Hall–Kier alpha value is -3.93. The molecule has 2 heterocycles. The summed E-state index contributed by atoms with van der Waals surface area (Å²) in [6.45, 7) is 0. The zero-order chi connectivity index (χ0) is 21.1. The van der Waals surface area contributed by atoms with Crippen molar-refractivity contribution < 1.29 is 13.9 Å². The molecule has 0 fully saturated rings. The van der Waals surface area contributed by atoms with Gasteiger partial charge in [-0.2, -0.15) is 0 Å². The molecule has 150 valence electrons. The number of methoxy groups -OCH3 is 1. The Morgan fingerprint density at radius 3 is 2.50 bits per heavy atom. The Morgan fingerprint density at radius 2 is 1.77 bits per heavy atom. The molecule has 4 rings (SSSR count). The molecule has 0 saturated carbocycles. The van der Waals surface area contributed by atoms with Crippen LogP contribution in [0, 0.1) is 5.82 Å². The van der Waals surface area contributed by atoms with Crippen LogP contribution in [0.5, 0.6) is 5.75 Å². The summed E-state index contributed by atoms with van der Waals surface area (Å²) in [5, 5.41) is 0. The standard InChI is InChI=1S/C24H19FN2O3/c1-30-23-5-3-2-4-22(23)27(16-28)20-10-11-26-21(15-20)13-18(14-24(26)29)12-17-6-8-19(25)9-7-17/h2-11,13-16H,12H2,1H3. The van der Waals surface area contributed by atoms with Gasteiger partial charge in [-0.05, 0) is 60.0 Å². The normalized spacial score (nSPS) is 10.7. The van der Waals surface area contributed by atoms with Crippen molar-refractivity contribution in [1.82, 2.24) is 4.40 Å². The van der Waals surface area contributed by atoms with Gasteiger partial charge in [0.1, 0.15) is 11.6 Å². The third-order valence-electron chi connectivity index (χ3n) is 4.90. The first-order valence-electron chi connectivity index (χ1n) is 9.36. The molecular weight excluding hydrogens is 383 g/mol. The molecule has 0 N–H and O–H groups in total. The molecule has 0 aliphatic rings. The number of amides is 1. The minimum atomic E-state index is -0.299. The Balaban J connectivity index is 1.76. The van der Waals surface area contributed by atoms with Crippen molar-refractivity contribution in [2.24, 2.45) is 0 Å². The molecule has 2 aromatic heterocycles. The second kappa shape index (κ2) is 8.21. The van der Waals surface area contributed by atoms with E-state index in [9.17, 15) is 14.0 Å². The number of rotatable bonds is 6. The maximum absolute atomic E-state index is 13.2. The van der Waals surface area contributed by atoms with Gasteiger partial charge in [-0.3, -0.25) is 18.9 Å². The number of carbonyl (C=O) groups excluding carboxylic acids is 1. The predicted molar refractivity (Wildman–Crippen MR) is 114 cm³/mol. The minimum Gasteiger partial charge on any atom is -0.495 e. The van der Waals surface area contributed by atoms with Gasteiger partial charge in [-0.15, -0.1) is 0 Å². The molecule has 5 nitrogen and oxygen atoms in total. The van der Waals surface area contributed by atoms with Gasteiger partial charge in [0.15, 0.2) is 0 Å². The van der Waals surface area contributed by atoms with Gasteiger partial charge >= 0.3 is 0 Å². The van der Waals surface area contributed by atoms with Crippen molar-refractivity contribution in [3.05, 3.63) is 106 Å². The fourth-order valence-electron chi connectivity index (χ4n) is 3.45. The quantitative estimate of drug-likeness (QED) is 0.451. The van der Waals surface area contributed by atoms with Crippen LogP contribution in [-0.2, 0) is 11.2 Å². The number of carbonyl (C=O) groups is 1. The Labute approximate surface area is 172 Å². The number of fused-ring (bicyclic) bond motifs is 1. The number of hydrogen-bond donors (Lipinski definition) is 0. The van der Waals surface area contributed by atoms with Gasteiger partial charge in [0, 0.05) is 12.3 Å². The van der Waals surface area contributed by atoms with Crippen molar-refractivity contribution in [3.8, 4) is 5.75 Å². The summed E-state index contributed by atoms with van der Waals surface area (Å²) < 4.78 is 20.0. The molecular formula is C24H19FN2O3. The smallest absolute Gasteiger partial charge is 0.255 e. The van der Waals surface area contributed by atoms with Gasteiger partial charge in [0.25, 0.3) is 5.56 Å². The molecule has 1 amide bonds. The molecule has 0 bridgehead atoms. The summed E-state index contributed by atoms with van der Waals surface area (Å²) in [5.74, 6) is 0.263. The number of benzene rings is 2. The van der Waals surface area contributed by atoms with Gasteiger partial charge in [0.2, 0.25) is 6.41 Å². The van der Waals surface area contributed by atoms with Gasteiger partial charge in [-0.25, -0.2) is 4.39 Å². The van der Waals surface area contributed by atoms with E-state index in [0.29, 0.717) is 35.5 Å². The van der Waals surface area contributed by atoms with Crippen molar-refractivity contribution >= 4 is 23.3 Å². The average Bonchev–Trinajstić information content (AvgIpc) is 2.76. The van der Waals surface area contributed by atoms with Crippen molar-refractivity contribution in [1.29, 1.82) is 0 Å². The van der Waals surface area contributed by atoms with Gasteiger partial charge in [0.05, 0.1) is 24.0 Å². The highest BCUT2D eigenvalue weighted by molar-refractivity contribution is 5.89. The van der Waals surface area contributed by atoms with Crippen LogP contribution >= 0.6 is 0 Å². The Kier molecular flexibility index (Phi) is 5.30. The highest BCUT2D eigenvalue weighted by Crippen LogP contribution is 2.32. The second-order valence-corrected chi connectivity index (χ2v) is 6.83. The monoisotopic (exact) mass is 402 g/mol. The summed E-state index contributed by atoms with van der Waals surface area (Å²) in [7, 11) is 1.55. The topological polar surface area (TPSA) is 51.0 Å². The van der Waals surface area contributed by atoms with Crippen LogP contribution in [0.15, 0.2) is 83.8 Å². The Bertz CT molecular complexity index is 1270. The fourth-order valence-corrected chi connectivity index (χ4v) is 3.45. The molecule has 30 heavy (non-hydrogen) atoms. The lowest BCUT2D eigenvalue weighted by Crippen LogP contribution is -2.17. The SMILES string of the molecule is COc1ccccc1N(C=O)c1ccn2c(=O)cc(Cc3ccc(F)cc3)cc2c1. The molecule has 0 spiro atoms. The van der Waals surface area contributed by atoms with Crippen LogP contribution < -0.4 is 15.2 Å². The van der Waals surface area contributed by atoms with E-state index in [4.69, 9.17) is 4.74 Å². The number of nitrogens with zero attached hydrogens (tertiary/aromatic N) is 2. The minimum absolute atomic E-state index is 0.175. The fraction of sp³-hybridized carbons (Fsp3) is 0.0833. The number of aromatic nitrogens is 1. The first-order valence-corrected chi connectivity index (χ1v) is 9.36. The number of ether oxygens (including phenoxy) is 1. The lowest BCUT2D eigenvalue weighted by Gasteiger charge is -2.20. The van der Waals surface area contributed by atoms with E-state index in [1.807, 2.05) is 18.2 Å². The molecule has 2 aromatic carbocycles. The van der Waals surface area contributed by atoms with Crippen LogP contribution in [0.3, 0.4) is 0 Å². The summed E-state index contributed by atoms with van der Waals surface area (Å²) in [4.78, 5) is 25.9. The van der Waals surface area contributed by atoms with Crippen LogP contribution in [0.25, 0.3) is 5.52 Å². The number of para-hydroxylation sites is 2. The van der Waals surface area contributed by atoms with E-state index < -0.39 is 0 Å². The molecule has 0 aliphatic heterocycles. The molecule has 0 atom stereocenters. The van der Waals surface area contributed by atoms with Crippen molar-refractivity contribution in [2.45, 2.75) is 6.42 Å². The molecule has 0 radical (unpaired) electrons. The highest BCUT2D eigenvalue weighted by Gasteiger charge is 2.14. The Morgan fingerprint density at radius 1 is 1.00 bits per heavy atom. The molecule has 0 aliphatic carbocycles. The summed E-state index contributed by atoms with van der Waals surface area (Å²) in [6.07, 6.45) is 2.85. The molecule has 0 unspecified atom stereocenters. The van der Waals surface area contributed by atoms with Crippen LogP contribution in [0.4, 0.5) is 15.8 Å². The van der Waals surface area contributed by atoms with E-state index in [2.05, 4.69) is 0 Å². The summed E-state index contributed by atoms with van der Waals surface area (Å²) in [6, 6.07) is 20.3. The molecule has 6 heteroatoms. The zero-order valence-corrected chi connectivity index (χ0v) is 16.3. The first-order chi connectivity index (χ1) is 14.6. The lowest BCUT2D eigenvalue weighted by molar-refractivity contribution is -0.106. The van der Waals surface area contributed by atoms with Crippen LogP contribution in [0.1, 0.15) is 11.1 Å². The van der Waals surface area contributed by atoms with E-state index in [1.165, 1.54) is 21.4 Å². The number of anilines is 2. The lowest BCUT2D eigenvalue weighted by atomic mass is 10.1. The second-order valence-electron chi connectivity index (χ2n) is 6.83. The highest BCUT2D eigenvalue weighted by atomic mass is 19.1. The summed E-state index contributed by atoms with van der Waals surface area (Å²) >= 11 is 0. The molecule has 0 saturated heterocycles. The first kappa shape index (κ1) is 19.4. The molecule has 4 aromatic rings. The van der Waals surface area contributed by atoms with E-state index in [1.54, 1.807) is 55.8 Å². The van der Waals surface area contributed by atoms with Crippen LogP contribution in [0.2, 0.25) is 0 Å². The summed E-state index contributed by atoms with van der Waals surface area (Å²) in [5.41, 5.74) is 3.39. The average molecular weight is 402 g/mol. The predicted octanol–water partition coefficient (Wildman–Crippen LogP) is 4.33. The van der Waals surface area contributed by atoms with Crippen LogP contribution in [-0.4, -0.2) is 17.9 Å². The maximum atomic E-state index is 13.2. The number of halogens is 1. The van der Waals surface area contributed by atoms with E-state index >= 15 is 0 Å². The zero-order valence-electron chi connectivity index (χ0n) is 16.3. The van der Waals surface area contributed by atoms with Crippen molar-refractivity contribution in [2.75, 3.05) is 12.0 Å². The maximum Gasteiger partial charge on any atom is 0.255 e. The third-order valence-corrected chi connectivity index (χ3v) is 4.90. The third kappa shape index (κ3) is 3.80. The van der Waals surface area contributed by atoms with E-state index in [0.717, 1.165) is 11.1 Å².